The number of piperazine rings is 1. The fourth-order valence-corrected chi connectivity index (χ4v) is 4.08. The van der Waals surface area contributed by atoms with Crippen molar-refractivity contribution in [1.82, 2.24) is 15.1 Å². The number of thioether (sulfide) groups is 1. The fraction of sp³-hybridized carbons (Fsp3) is 0.556. The maximum atomic E-state index is 12.5. The summed E-state index contributed by atoms with van der Waals surface area (Å²) < 4.78 is 0. The van der Waals surface area contributed by atoms with Gasteiger partial charge in [-0.2, -0.15) is 11.8 Å². The highest BCUT2D eigenvalue weighted by atomic mass is 35.5. The van der Waals surface area contributed by atoms with Gasteiger partial charge < -0.3 is 15.1 Å². The molecule has 2 fully saturated rings. The third-order valence-electron chi connectivity index (χ3n) is 4.64. The summed E-state index contributed by atoms with van der Waals surface area (Å²) in [4.78, 5) is 28.7. The van der Waals surface area contributed by atoms with Crippen LogP contribution in [0.3, 0.4) is 0 Å². The van der Waals surface area contributed by atoms with E-state index in [-0.39, 0.29) is 24.2 Å². The smallest absolute Gasteiger partial charge is 0.253 e. The van der Waals surface area contributed by atoms with E-state index in [1.54, 1.807) is 0 Å². The SMILES string of the molecule is Cc1ccc(C(=O)N2CCN(C(=O)CC3CSCCN3)CC2)cc1.Cl. The number of amides is 2. The Morgan fingerprint density at radius 1 is 1.12 bits per heavy atom. The second-order valence-corrected chi connectivity index (χ2v) is 7.62. The summed E-state index contributed by atoms with van der Waals surface area (Å²) in [6, 6.07) is 7.97. The molecule has 2 saturated heterocycles. The molecule has 0 radical (unpaired) electrons. The van der Waals surface area contributed by atoms with E-state index in [9.17, 15) is 9.59 Å². The molecule has 2 aliphatic heterocycles. The maximum absolute atomic E-state index is 12.5. The zero-order chi connectivity index (χ0) is 16.9. The fourth-order valence-electron chi connectivity index (χ4n) is 3.13. The van der Waals surface area contributed by atoms with Gasteiger partial charge in [0.25, 0.3) is 5.91 Å². The van der Waals surface area contributed by atoms with Crippen molar-refractivity contribution in [3.8, 4) is 0 Å². The Bertz CT molecular complexity index is 582. The number of benzene rings is 1. The van der Waals surface area contributed by atoms with Gasteiger partial charge in [-0.3, -0.25) is 9.59 Å². The zero-order valence-corrected chi connectivity index (χ0v) is 16.2. The molecule has 0 aliphatic carbocycles. The molecule has 0 aromatic heterocycles. The van der Waals surface area contributed by atoms with Crippen molar-refractivity contribution in [1.29, 1.82) is 0 Å². The van der Waals surface area contributed by atoms with Gasteiger partial charge in [0, 0.05) is 62.3 Å². The first kappa shape index (κ1) is 20.1. The summed E-state index contributed by atoms with van der Waals surface area (Å²) in [5.41, 5.74) is 1.88. The van der Waals surface area contributed by atoms with Crippen LogP contribution in [0.2, 0.25) is 0 Å². The molecule has 5 nitrogen and oxygen atoms in total. The molecule has 0 saturated carbocycles. The summed E-state index contributed by atoms with van der Waals surface area (Å²) in [6.07, 6.45) is 0.568. The predicted molar refractivity (Wildman–Crippen MR) is 105 cm³/mol. The molecule has 2 aliphatic rings. The van der Waals surface area contributed by atoms with Crippen LogP contribution in [0.1, 0.15) is 22.3 Å². The molecular weight excluding hydrogens is 358 g/mol. The lowest BCUT2D eigenvalue weighted by Crippen LogP contribution is -2.52. The molecule has 3 rings (SSSR count). The first-order valence-electron chi connectivity index (χ1n) is 8.58. The van der Waals surface area contributed by atoms with E-state index in [2.05, 4.69) is 5.32 Å². The van der Waals surface area contributed by atoms with Crippen LogP contribution >= 0.6 is 24.2 Å². The lowest BCUT2D eigenvalue weighted by atomic mass is 10.1. The van der Waals surface area contributed by atoms with E-state index >= 15 is 0 Å². The van der Waals surface area contributed by atoms with Crippen molar-refractivity contribution in [2.24, 2.45) is 0 Å². The van der Waals surface area contributed by atoms with Gasteiger partial charge in [0.2, 0.25) is 5.91 Å². The lowest BCUT2D eigenvalue weighted by molar-refractivity contribution is -0.133. The van der Waals surface area contributed by atoms with Crippen molar-refractivity contribution in [2.45, 2.75) is 19.4 Å². The Morgan fingerprint density at radius 3 is 2.36 bits per heavy atom. The molecule has 1 N–H and O–H groups in total. The van der Waals surface area contributed by atoms with E-state index in [1.807, 2.05) is 52.8 Å². The van der Waals surface area contributed by atoms with Crippen molar-refractivity contribution in [3.05, 3.63) is 35.4 Å². The van der Waals surface area contributed by atoms with Gasteiger partial charge in [-0.05, 0) is 19.1 Å². The molecule has 0 spiro atoms. The summed E-state index contributed by atoms with van der Waals surface area (Å²) in [5.74, 6) is 2.41. The van der Waals surface area contributed by atoms with Crippen molar-refractivity contribution >= 4 is 36.0 Å². The molecule has 1 unspecified atom stereocenters. The molecule has 2 heterocycles. The first-order chi connectivity index (χ1) is 11.6. The molecular formula is C18H26ClN3O2S. The highest BCUT2D eigenvalue weighted by Gasteiger charge is 2.26. The van der Waals surface area contributed by atoms with Gasteiger partial charge >= 0.3 is 0 Å². The molecule has 25 heavy (non-hydrogen) atoms. The molecule has 138 valence electrons. The second-order valence-electron chi connectivity index (χ2n) is 6.47. The van der Waals surface area contributed by atoms with E-state index in [0.29, 0.717) is 38.6 Å². The molecule has 1 aromatic carbocycles. The van der Waals surface area contributed by atoms with Crippen LogP contribution in [0.15, 0.2) is 24.3 Å². The molecule has 2 amide bonds. The first-order valence-corrected chi connectivity index (χ1v) is 9.74. The van der Waals surface area contributed by atoms with Crippen molar-refractivity contribution in [3.63, 3.8) is 0 Å². The number of nitrogens with zero attached hydrogens (tertiary/aromatic N) is 2. The minimum absolute atomic E-state index is 0. The van der Waals surface area contributed by atoms with E-state index in [4.69, 9.17) is 0 Å². The zero-order valence-electron chi connectivity index (χ0n) is 14.6. The summed E-state index contributed by atoms with van der Waals surface area (Å²) in [7, 11) is 0. The van der Waals surface area contributed by atoms with E-state index in [0.717, 1.165) is 29.2 Å². The Balaban J connectivity index is 0.00000225. The predicted octanol–water partition coefficient (Wildman–Crippen LogP) is 1.80. The minimum Gasteiger partial charge on any atom is -0.339 e. The monoisotopic (exact) mass is 383 g/mol. The number of rotatable bonds is 3. The number of carbonyl (C=O) groups is 2. The van der Waals surface area contributed by atoms with Gasteiger partial charge in [-0.15, -0.1) is 12.4 Å². The second kappa shape index (κ2) is 9.46. The maximum Gasteiger partial charge on any atom is 0.253 e. The summed E-state index contributed by atoms with van der Waals surface area (Å²) in [6.45, 7) is 5.50. The number of carbonyl (C=O) groups excluding carboxylic acids is 2. The number of aryl methyl sites for hydroxylation is 1. The van der Waals surface area contributed by atoms with Crippen LogP contribution < -0.4 is 5.32 Å². The molecule has 1 aromatic rings. The van der Waals surface area contributed by atoms with Crippen LogP contribution in [0.5, 0.6) is 0 Å². The van der Waals surface area contributed by atoms with Crippen molar-refractivity contribution < 1.29 is 9.59 Å². The van der Waals surface area contributed by atoms with Gasteiger partial charge in [0.1, 0.15) is 0 Å². The standard InChI is InChI=1S/C18H25N3O2S.ClH/c1-14-2-4-15(5-3-14)18(23)21-9-7-20(8-10-21)17(22)12-16-13-24-11-6-19-16;/h2-5,16,19H,6-13H2,1H3;1H. The quantitative estimate of drug-likeness (QED) is 0.864. The summed E-state index contributed by atoms with van der Waals surface area (Å²) in [5, 5.41) is 3.41. The van der Waals surface area contributed by atoms with Crippen molar-refractivity contribution in [2.75, 3.05) is 44.2 Å². The average Bonchev–Trinajstić information content (AvgIpc) is 2.63. The Labute approximate surface area is 159 Å². The van der Waals surface area contributed by atoms with Crippen LogP contribution in [-0.4, -0.2) is 71.9 Å². The van der Waals surface area contributed by atoms with Gasteiger partial charge in [-0.1, -0.05) is 17.7 Å². The van der Waals surface area contributed by atoms with E-state index in [1.165, 1.54) is 0 Å². The molecule has 1 atom stereocenters. The molecule has 7 heteroatoms. The van der Waals surface area contributed by atoms with Crippen LogP contribution in [0.25, 0.3) is 0 Å². The third-order valence-corrected chi connectivity index (χ3v) is 5.77. The van der Waals surface area contributed by atoms with Gasteiger partial charge in [-0.25, -0.2) is 0 Å². The van der Waals surface area contributed by atoms with Crippen LogP contribution in [0, 0.1) is 6.92 Å². The topological polar surface area (TPSA) is 52.7 Å². The number of nitrogens with one attached hydrogen (secondary N) is 1. The lowest BCUT2D eigenvalue weighted by Gasteiger charge is -2.36. The Morgan fingerprint density at radius 2 is 1.76 bits per heavy atom. The minimum atomic E-state index is 0. The van der Waals surface area contributed by atoms with Gasteiger partial charge in [0.05, 0.1) is 0 Å². The largest absolute Gasteiger partial charge is 0.339 e. The third kappa shape index (κ3) is 5.36. The van der Waals surface area contributed by atoms with Crippen LogP contribution in [0.4, 0.5) is 0 Å². The Kier molecular flexibility index (Phi) is 7.59. The van der Waals surface area contributed by atoms with Crippen LogP contribution in [-0.2, 0) is 4.79 Å². The highest BCUT2D eigenvalue weighted by Crippen LogP contribution is 2.14. The Hall–Kier alpha value is -1.24. The van der Waals surface area contributed by atoms with Gasteiger partial charge in [0.15, 0.2) is 0 Å². The van der Waals surface area contributed by atoms with E-state index < -0.39 is 0 Å². The highest BCUT2D eigenvalue weighted by molar-refractivity contribution is 7.99. The average molecular weight is 384 g/mol. The summed E-state index contributed by atoms with van der Waals surface area (Å²) >= 11 is 1.91. The molecule has 0 bridgehead atoms. The number of halogens is 1. The normalized spacial score (nSPS) is 20.8. The number of hydrogen-bond acceptors (Lipinski definition) is 4. The number of hydrogen-bond donors (Lipinski definition) is 1.